The average Bonchev–Trinajstić information content (AvgIpc) is 2.58. The zero-order chi connectivity index (χ0) is 17.2. The van der Waals surface area contributed by atoms with Gasteiger partial charge in [0.2, 0.25) is 0 Å². The minimum Gasteiger partial charge on any atom is -0.497 e. The summed E-state index contributed by atoms with van der Waals surface area (Å²) in [4.78, 5) is 23.7. The highest BCUT2D eigenvalue weighted by molar-refractivity contribution is 5.83. The molecule has 0 aromatic heterocycles. The number of hydrogen-bond acceptors (Lipinski definition) is 4. The van der Waals surface area contributed by atoms with E-state index in [1.807, 2.05) is 38.1 Å². The third-order valence-corrected chi connectivity index (χ3v) is 3.81. The van der Waals surface area contributed by atoms with Crippen molar-refractivity contribution in [1.82, 2.24) is 10.6 Å². The molecule has 0 aliphatic heterocycles. The number of esters is 1. The summed E-state index contributed by atoms with van der Waals surface area (Å²) in [5.74, 6) is 0.383. The minimum atomic E-state index is -0.633. The van der Waals surface area contributed by atoms with Crippen LogP contribution >= 0.6 is 0 Å². The van der Waals surface area contributed by atoms with Crippen molar-refractivity contribution < 1.29 is 19.1 Å². The molecule has 0 heterocycles. The largest absolute Gasteiger partial charge is 0.497 e. The zero-order valence-electron chi connectivity index (χ0n) is 14.2. The molecular weight excluding hydrogens is 296 g/mol. The van der Waals surface area contributed by atoms with Crippen molar-refractivity contribution in [2.45, 2.75) is 32.7 Å². The number of urea groups is 1. The highest BCUT2D eigenvalue weighted by atomic mass is 16.5. The number of benzene rings is 1. The number of amides is 2. The lowest BCUT2D eigenvalue weighted by Crippen LogP contribution is -2.49. The Bertz CT molecular complexity index is 502. The van der Waals surface area contributed by atoms with E-state index in [9.17, 15) is 9.59 Å². The Hall–Kier alpha value is -2.24. The Balaban J connectivity index is 2.43. The lowest BCUT2D eigenvalue weighted by Gasteiger charge is -2.22. The van der Waals surface area contributed by atoms with Crippen LogP contribution in [-0.4, -0.2) is 38.8 Å². The first-order chi connectivity index (χ1) is 11.0. The highest BCUT2D eigenvalue weighted by Crippen LogP contribution is 2.11. The standard InChI is InChI=1S/C17H26N2O4/c1-5-12(2)15(16(20)23-4)19-17(21)18-11-10-13-6-8-14(22-3)9-7-13/h6-9,12,15H,5,10-11H2,1-4H3,(H2,18,19,21)/t12?,15-/m0/s1. The van der Waals surface area contributed by atoms with Gasteiger partial charge in [0.05, 0.1) is 14.2 Å². The minimum absolute atomic E-state index is 0.00906. The fourth-order valence-electron chi connectivity index (χ4n) is 2.10. The van der Waals surface area contributed by atoms with Gasteiger partial charge in [0, 0.05) is 6.54 Å². The van der Waals surface area contributed by atoms with Crippen LogP contribution < -0.4 is 15.4 Å². The SMILES string of the molecule is CCC(C)[C@H](NC(=O)NCCc1ccc(OC)cc1)C(=O)OC. The number of carbonyl (C=O) groups is 2. The van der Waals surface area contributed by atoms with Crippen LogP contribution in [0.15, 0.2) is 24.3 Å². The number of carbonyl (C=O) groups excluding carboxylic acids is 2. The van der Waals surface area contributed by atoms with E-state index >= 15 is 0 Å². The van der Waals surface area contributed by atoms with E-state index in [4.69, 9.17) is 9.47 Å². The van der Waals surface area contributed by atoms with Crippen molar-refractivity contribution in [2.24, 2.45) is 5.92 Å². The lowest BCUT2D eigenvalue weighted by molar-refractivity contribution is -0.144. The number of rotatable bonds is 8. The zero-order valence-corrected chi connectivity index (χ0v) is 14.2. The molecule has 0 spiro atoms. The Labute approximate surface area is 137 Å². The molecule has 6 heteroatoms. The number of methoxy groups -OCH3 is 2. The molecule has 0 saturated carbocycles. The molecule has 0 saturated heterocycles. The van der Waals surface area contributed by atoms with Gasteiger partial charge in [0.1, 0.15) is 11.8 Å². The summed E-state index contributed by atoms with van der Waals surface area (Å²) in [7, 11) is 2.94. The van der Waals surface area contributed by atoms with Gasteiger partial charge in [-0.1, -0.05) is 32.4 Å². The van der Waals surface area contributed by atoms with Crippen LogP contribution in [0.1, 0.15) is 25.8 Å². The summed E-state index contributed by atoms with van der Waals surface area (Å²) in [6.45, 7) is 4.34. The number of hydrogen-bond donors (Lipinski definition) is 2. The molecule has 1 aromatic carbocycles. The maximum atomic E-state index is 11.9. The van der Waals surface area contributed by atoms with Crippen molar-refractivity contribution >= 4 is 12.0 Å². The third-order valence-electron chi connectivity index (χ3n) is 3.81. The van der Waals surface area contributed by atoms with E-state index in [1.165, 1.54) is 7.11 Å². The smallest absolute Gasteiger partial charge is 0.328 e. The van der Waals surface area contributed by atoms with E-state index in [2.05, 4.69) is 10.6 Å². The van der Waals surface area contributed by atoms with Gasteiger partial charge in [-0.3, -0.25) is 0 Å². The summed E-state index contributed by atoms with van der Waals surface area (Å²) >= 11 is 0. The summed E-state index contributed by atoms with van der Waals surface area (Å²) in [5, 5.41) is 5.44. The predicted octanol–water partition coefficient (Wildman–Crippen LogP) is 2.12. The van der Waals surface area contributed by atoms with Gasteiger partial charge in [0.15, 0.2) is 0 Å². The van der Waals surface area contributed by atoms with Gasteiger partial charge in [-0.05, 0) is 30.0 Å². The molecule has 1 aromatic rings. The maximum Gasteiger partial charge on any atom is 0.328 e. The highest BCUT2D eigenvalue weighted by Gasteiger charge is 2.26. The fourth-order valence-corrected chi connectivity index (χ4v) is 2.10. The maximum absolute atomic E-state index is 11.9. The molecule has 2 N–H and O–H groups in total. The van der Waals surface area contributed by atoms with Gasteiger partial charge in [0.25, 0.3) is 0 Å². The van der Waals surface area contributed by atoms with E-state index in [0.717, 1.165) is 17.7 Å². The Morgan fingerprint density at radius 3 is 2.35 bits per heavy atom. The molecule has 1 unspecified atom stereocenters. The second-order valence-electron chi connectivity index (χ2n) is 5.38. The molecule has 2 amide bonds. The van der Waals surface area contributed by atoms with Gasteiger partial charge in [-0.15, -0.1) is 0 Å². The topological polar surface area (TPSA) is 76.7 Å². The van der Waals surface area contributed by atoms with Crippen LogP contribution in [0, 0.1) is 5.92 Å². The normalized spacial score (nSPS) is 12.9. The van der Waals surface area contributed by atoms with Crippen molar-refractivity contribution in [3.05, 3.63) is 29.8 Å². The first-order valence-corrected chi connectivity index (χ1v) is 7.76. The van der Waals surface area contributed by atoms with Crippen LogP contribution in [0.4, 0.5) is 4.79 Å². The fraction of sp³-hybridized carbons (Fsp3) is 0.529. The van der Waals surface area contributed by atoms with Crippen molar-refractivity contribution in [3.8, 4) is 5.75 Å². The van der Waals surface area contributed by atoms with E-state index in [0.29, 0.717) is 13.0 Å². The van der Waals surface area contributed by atoms with Crippen LogP contribution in [0.2, 0.25) is 0 Å². The lowest BCUT2D eigenvalue weighted by atomic mass is 9.99. The molecule has 0 radical (unpaired) electrons. The molecule has 2 atom stereocenters. The summed E-state index contributed by atoms with van der Waals surface area (Å²) < 4.78 is 9.84. The second-order valence-corrected chi connectivity index (χ2v) is 5.38. The van der Waals surface area contributed by atoms with Gasteiger partial charge >= 0.3 is 12.0 Å². The molecule has 128 valence electrons. The first-order valence-electron chi connectivity index (χ1n) is 7.76. The molecule has 0 bridgehead atoms. The molecule has 0 aliphatic rings. The second kappa shape index (κ2) is 9.71. The van der Waals surface area contributed by atoms with E-state index < -0.39 is 12.0 Å². The Morgan fingerprint density at radius 1 is 1.17 bits per heavy atom. The van der Waals surface area contributed by atoms with Gasteiger partial charge in [-0.2, -0.15) is 0 Å². The number of ether oxygens (including phenoxy) is 2. The Morgan fingerprint density at radius 2 is 1.83 bits per heavy atom. The molecular formula is C17H26N2O4. The number of nitrogens with one attached hydrogen (secondary N) is 2. The molecule has 23 heavy (non-hydrogen) atoms. The summed E-state index contributed by atoms with van der Waals surface area (Å²) in [6, 6.07) is 6.67. The van der Waals surface area contributed by atoms with Crippen LogP contribution in [0.3, 0.4) is 0 Å². The third kappa shape index (κ3) is 6.18. The molecule has 1 rings (SSSR count). The van der Waals surface area contributed by atoms with Crippen LogP contribution in [0.25, 0.3) is 0 Å². The molecule has 0 aliphatic carbocycles. The van der Waals surface area contributed by atoms with Gasteiger partial charge in [-0.25, -0.2) is 9.59 Å². The summed E-state index contributed by atoms with van der Waals surface area (Å²) in [5.41, 5.74) is 1.09. The molecule has 6 nitrogen and oxygen atoms in total. The summed E-state index contributed by atoms with van der Waals surface area (Å²) in [6.07, 6.45) is 1.47. The Kier molecular flexibility index (Phi) is 7.94. The first kappa shape index (κ1) is 18.8. The van der Waals surface area contributed by atoms with Gasteiger partial charge < -0.3 is 20.1 Å². The van der Waals surface area contributed by atoms with E-state index in [1.54, 1.807) is 7.11 Å². The van der Waals surface area contributed by atoms with Crippen molar-refractivity contribution in [2.75, 3.05) is 20.8 Å². The van der Waals surface area contributed by atoms with Crippen molar-refractivity contribution in [1.29, 1.82) is 0 Å². The van der Waals surface area contributed by atoms with Crippen LogP contribution in [0.5, 0.6) is 5.75 Å². The average molecular weight is 322 g/mol. The quantitative estimate of drug-likeness (QED) is 0.719. The molecule has 0 fully saturated rings. The monoisotopic (exact) mass is 322 g/mol. The van der Waals surface area contributed by atoms with E-state index in [-0.39, 0.29) is 11.9 Å². The van der Waals surface area contributed by atoms with Crippen LogP contribution in [-0.2, 0) is 16.0 Å². The predicted molar refractivity (Wildman–Crippen MR) is 88.5 cm³/mol. The van der Waals surface area contributed by atoms with Crippen molar-refractivity contribution in [3.63, 3.8) is 0 Å².